The number of rotatable bonds is 3. The predicted molar refractivity (Wildman–Crippen MR) is 53.7 cm³/mol. The van der Waals surface area contributed by atoms with Gasteiger partial charge in [-0.1, -0.05) is 0 Å². The Morgan fingerprint density at radius 3 is 1.80 bits per heavy atom. The zero-order valence-electron chi connectivity index (χ0n) is 9.01. The van der Waals surface area contributed by atoms with E-state index in [2.05, 4.69) is 0 Å². The minimum atomic E-state index is -0.922. The van der Waals surface area contributed by atoms with Crippen molar-refractivity contribution in [2.75, 3.05) is 0 Å². The van der Waals surface area contributed by atoms with Crippen molar-refractivity contribution < 1.29 is 19.8 Å². The Hall–Kier alpha value is -1.10. The van der Waals surface area contributed by atoms with Crippen LogP contribution in [0.4, 0.5) is 0 Å². The van der Waals surface area contributed by atoms with Crippen molar-refractivity contribution in [2.45, 2.75) is 51.2 Å². The third-order valence-electron chi connectivity index (χ3n) is 2.84. The molecule has 5 nitrogen and oxygen atoms in total. The first-order valence-corrected chi connectivity index (χ1v) is 5.18. The molecule has 5 heteroatoms. The van der Waals surface area contributed by atoms with Crippen molar-refractivity contribution in [1.82, 2.24) is 4.90 Å². The Bertz CT molecular complexity index is 242. The molecule has 15 heavy (non-hydrogen) atoms. The van der Waals surface area contributed by atoms with Gasteiger partial charge in [0.15, 0.2) is 0 Å². The van der Waals surface area contributed by atoms with Crippen molar-refractivity contribution >= 4 is 11.9 Å². The number of hydrogen-bond acceptors (Lipinski definition) is 3. The van der Waals surface area contributed by atoms with Crippen LogP contribution in [0.2, 0.25) is 0 Å². The lowest BCUT2D eigenvalue weighted by molar-refractivity contribution is -0.155. The number of likely N-dealkylation sites (tertiary alicyclic amines) is 1. The number of carboxylic acids is 2. The van der Waals surface area contributed by atoms with Gasteiger partial charge in [-0.05, 0) is 33.1 Å². The maximum absolute atomic E-state index is 11.0. The fourth-order valence-electron chi connectivity index (χ4n) is 2.24. The summed E-state index contributed by atoms with van der Waals surface area (Å²) in [6.45, 7) is 3.66. The highest BCUT2D eigenvalue weighted by Crippen LogP contribution is 2.25. The molecule has 0 aromatic carbocycles. The van der Waals surface area contributed by atoms with Gasteiger partial charge in [0.2, 0.25) is 0 Å². The molecule has 2 atom stereocenters. The van der Waals surface area contributed by atoms with Crippen LogP contribution in [0.15, 0.2) is 0 Å². The van der Waals surface area contributed by atoms with Gasteiger partial charge in [0.25, 0.3) is 0 Å². The number of carboxylic acid groups (broad SMARTS) is 2. The molecule has 0 aliphatic carbocycles. The van der Waals surface area contributed by atoms with Crippen molar-refractivity contribution in [3.05, 3.63) is 0 Å². The molecule has 1 heterocycles. The van der Waals surface area contributed by atoms with E-state index in [1.165, 1.54) is 0 Å². The van der Waals surface area contributed by atoms with E-state index in [4.69, 9.17) is 10.2 Å². The average molecular weight is 215 g/mol. The van der Waals surface area contributed by atoms with Gasteiger partial charge in [-0.3, -0.25) is 14.5 Å². The molecular weight excluding hydrogens is 198 g/mol. The van der Waals surface area contributed by atoms with Gasteiger partial charge in [0.1, 0.15) is 12.1 Å². The molecule has 0 spiro atoms. The average Bonchev–Trinajstić information content (AvgIpc) is 2.16. The van der Waals surface area contributed by atoms with Crippen LogP contribution in [0.5, 0.6) is 0 Å². The smallest absolute Gasteiger partial charge is 0.320 e. The van der Waals surface area contributed by atoms with Gasteiger partial charge in [0.05, 0.1) is 0 Å². The van der Waals surface area contributed by atoms with Crippen molar-refractivity contribution in [3.8, 4) is 0 Å². The van der Waals surface area contributed by atoms with Crippen molar-refractivity contribution in [3.63, 3.8) is 0 Å². The lowest BCUT2D eigenvalue weighted by atomic mass is 9.94. The Morgan fingerprint density at radius 2 is 1.53 bits per heavy atom. The molecule has 1 fully saturated rings. The summed E-state index contributed by atoms with van der Waals surface area (Å²) in [5.41, 5.74) is 0. The highest BCUT2D eigenvalue weighted by molar-refractivity contribution is 5.78. The molecule has 2 unspecified atom stereocenters. The number of carbonyl (C=O) groups is 2. The fourth-order valence-corrected chi connectivity index (χ4v) is 2.24. The largest absolute Gasteiger partial charge is 0.480 e. The van der Waals surface area contributed by atoms with E-state index in [-0.39, 0.29) is 6.04 Å². The number of aliphatic carboxylic acids is 2. The summed E-state index contributed by atoms with van der Waals surface area (Å²) >= 11 is 0. The van der Waals surface area contributed by atoms with E-state index >= 15 is 0 Å². The minimum absolute atomic E-state index is 0.0625. The molecule has 2 N–H and O–H groups in total. The molecule has 86 valence electrons. The summed E-state index contributed by atoms with van der Waals surface area (Å²) in [6.07, 6.45) is 1.74. The second-order valence-corrected chi connectivity index (χ2v) is 4.18. The molecule has 1 rings (SSSR count). The van der Waals surface area contributed by atoms with E-state index in [1.54, 1.807) is 4.90 Å². The van der Waals surface area contributed by atoms with Crippen molar-refractivity contribution in [1.29, 1.82) is 0 Å². The van der Waals surface area contributed by atoms with Crippen LogP contribution in [-0.2, 0) is 9.59 Å². The number of piperidine rings is 1. The topological polar surface area (TPSA) is 77.8 Å². The summed E-state index contributed by atoms with van der Waals surface area (Å²) in [6, 6.07) is -1.37. The van der Waals surface area contributed by atoms with Crippen LogP contribution in [0, 0.1) is 0 Å². The lowest BCUT2D eigenvalue weighted by Crippen LogP contribution is -2.56. The fraction of sp³-hybridized carbons (Fsp3) is 0.800. The summed E-state index contributed by atoms with van der Waals surface area (Å²) in [5.74, 6) is -1.84. The SMILES string of the molecule is CC(C)N1C(C(=O)O)CCCC1C(=O)O. The van der Waals surface area contributed by atoms with E-state index < -0.39 is 24.0 Å². The quantitative estimate of drug-likeness (QED) is 0.727. The molecule has 0 radical (unpaired) electrons. The molecule has 0 aromatic rings. The van der Waals surface area contributed by atoms with Gasteiger partial charge in [0, 0.05) is 6.04 Å². The second kappa shape index (κ2) is 4.61. The third kappa shape index (κ3) is 2.47. The Balaban J connectivity index is 2.90. The van der Waals surface area contributed by atoms with E-state index in [0.29, 0.717) is 19.3 Å². The van der Waals surface area contributed by atoms with Crippen LogP contribution in [0.3, 0.4) is 0 Å². The zero-order valence-corrected chi connectivity index (χ0v) is 9.01. The van der Waals surface area contributed by atoms with Crippen LogP contribution in [0.1, 0.15) is 33.1 Å². The van der Waals surface area contributed by atoms with E-state index in [9.17, 15) is 9.59 Å². The second-order valence-electron chi connectivity index (χ2n) is 4.18. The molecule has 0 saturated carbocycles. The van der Waals surface area contributed by atoms with Gasteiger partial charge in [-0.2, -0.15) is 0 Å². The maximum atomic E-state index is 11.0. The van der Waals surface area contributed by atoms with Gasteiger partial charge < -0.3 is 10.2 Å². The van der Waals surface area contributed by atoms with E-state index in [0.717, 1.165) is 0 Å². The molecular formula is C10H17NO4. The summed E-state index contributed by atoms with van der Waals surface area (Å²) in [5, 5.41) is 18.0. The molecule has 0 amide bonds. The first-order valence-electron chi connectivity index (χ1n) is 5.18. The first kappa shape index (κ1) is 12.0. The van der Waals surface area contributed by atoms with Crippen LogP contribution >= 0.6 is 0 Å². The normalized spacial score (nSPS) is 27.9. The molecule has 0 aromatic heterocycles. The first-order chi connectivity index (χ1) is 6.95. The van der Waals surface area contributed by atoms with Crippen LogP contribution < -0.4 is 0 Å². The predicted octanol–water partition coefficient (Wildman–Crippen LogP) is 0.787. The Morgan fingerprint density at radius 1 is 1.13 bits per heavy atom. The number of nitrogens with zero attached hydrogens (tertiary/aromatic N) is 1. The highest BCUT2D eigenvalue weighted by Gasteiger charge is 2.39. The van der Waals surface area contributed by atoms with Crippen LogP contribution in [-0.4, -0.2) is 45.2 Å². The zero-order chi connectivity index (χ0) is 11.6. The van der Waals surface area contributed by atoms with Crippen LogP contribution in [0.25, 0.3) is 0 Å². The van der Waals surface area contributed by atoms with Crippen molar-refractivity contribution in [2.24, 2.45) is 0 Å². The molecule has 1 aliphatic heterocycles. The summed E-state index contributed by atoms with van der Waals surface area (Å²) < 4.78 is 0. The van der Waals surface area contributed by atoms with E-state index in [1.807, 2.05) is 13.8 Å². The third-order valence-corrected chi connectivity index (χ3v) is 2.84. The molecule has 1 saturated heterocycles. The Kier molecular flexibility index (Phi) is 3.68. The summed E-state index contributed by atoms with van der Waals surface area (Å²) in [4.78, 5) is 23.6. The highest BCUT2D eigenvalue weighted by atomic mass is 16.4. The molecule has 0 bridgehead atoms. The molecule has 1 aliphatic rings. The number of hydrogen-bond donors (Lipinski definition) is 2. The van der Waals surface area contributed by atoms with Gasteiger partial charge in [-0.25, -0.2) is 0 Å². The Labute approximate surface area is 88.7 Å². The monoisotopic (exact) mass is 215 g/mol. The maximum Gasteiger partial charge on any atom is 0.320 e. The summed E-state index contributed by atoms with van der Waals surface area (Å²) in [7, 11) is 0. The van der Waals surface area contributed by atoms with Gasteiger partial charge in [-0.15, -0.1) is 0 Å². The lowest BCUT2D eigenvalue weighted by Gasteiger charge is -2.40. The van der Waals surface area contributed by atoms with Gasteiger partial charge >= 0.3 is 11.9 Å². The standard InChI is InChI=1S/C10H17NO4/c1-6(2)11-7(9(12)13)4-3-5-8(11)10(14)15/h6-8H,3-5H2,1-2H3,(H,12,13)(H,14,15). The minimum Gasteiger partial charge on any atom is -0.480 e.